The minimum atomic E-state index is -1.08. The minimum absolute atomic E-state index is 0.951. The third kappa shape index (κ3) is 22.0. The molecule has 0 rings (SSSR count). The second kappa shape index (κ2) is 11.4. The molecule has 0 unspecified atom stereocenters. The summed E-state index contributed by atoms with van der Waals surface area (Å²) in [6, 6.07) is 0. The number of carboxylic acid groups (broad SMARTS) is 1. The van der Waals surface area contributed by atoms with Crippen LogP contribution in [0.25, 0.3) is 0 Å². The molecule has 0 aliphatic rings. The molecule has 0 spiro atoms. The predicted molar refractivity (Wildman–Crippen MR) is 75.4 cm³/mol. The molecule has 0 heterocycles. The van der Waals surface area contributed by atoms with Gasteiger partial charge in [0.05, 0.1) is 0 Å². The summed E-state index contributed by atoms with van der Waals surface area (Å²) in [5.74, 6) is 1.77. The van der Waals surface area contributed by atoms with Crippen molar-refractivity contribution in [2.24, 2.45) is 17.8 Å². The van der Waals surface area contributed by atoms with Gasteiger partial charge >= 0.3 is 92.4 Å². The van der Waals surface area contributed by atoms with Crippen LogP contribution in [0.1, 0.15) is 48.5 Å². The Morgan fingerprint density at radius 2 is 1.06 bits per heavy atom. The van der Waals surface area contributed by atoms with Crippen molar-refractivity contribution >= 4 is 25.7 Å². The van der Waals surface area contributed by atoms with E-state index >= 15 is 0 Å². The summed E-state index contributed by atoms with van der Waals surface area (Å²) in [7, 11) is 0. The molecule has 0 atom stereocenters. The first-order valence-electron chi connectivity index (χ1n) is 6.66. The van der Waals surface area contributed by atoms with Crippen molar-refractivity contribution in [3.05, 3.63) is 0 Å². The Morgan fingerprint density at radius 3 is 1.18 bits per heavy atom. The van der Waals surface area contributed by atoms with E-state index in [9.17, 15) is 0 Å². The van der Waals surface area contributed by atoms with Crippen molar-refractivity contribution in [1.82, 2.24) is 0 Å². The number of carbonyl (C=O) groups is 1. The summed E-state index contributed by atoms with van der Waals surface area (Å²) < 4.78 is 4.83. The van der Waals surface area contributed by atoms with Crippen molar-refractivity contribution in [3.8, 4) is 0 Å². The Kier molecular flexibility index (Phi) is 13.1. The van der Waals surface area contributed by atoms with E-state index in [1.165, 1.54) is 0 Å². The van der Waals surface area contributed by atoms with Crippen molar-refractivity contribution in [1.29, 1.82) is 0 Å². The number of carboxylic acids is 1. The second-order valence-corrected chi connectivity index (χ2v) is 13.8. The molecule has 0 saturated carbocycles. The average Bonchev–Trinajstić information content (AvgIpc) is 1.96. The van der Waals surface area contributed by atoms with Gasteiger partial charge in [0.15, 0.2) is 0 Å². The fraction of sp³-hybridized carbons (Fsp3) is 0.929. The number of hydrogen-bond donors (Lipinski definition) is 0. The van der Waals surface area contributed by atoms with Crippen LogP contribution < -0.4 is 5.11 Å². The van der Waals surface area contributed by atoms with Gasteiger partial charge in [0.1, 0.15) is 0 Å². The van der Waals surface area contributed by atoms with Gasteiger partial charge in [-0.05, 0) is 6.92 Å². The van der Waals surface area contributed by atoms with Gasteiger partial charge in [-0.25, -0.2) is 0 Å². The summed E-state index contributed by atoms with van der Waals surface area (Å²) in [4.78, 5) is 8.89. The SMILES string of the molecule is CC(=O)[O-].CC(C)[CH2][Sn+]([CH2]C(C)C)[CH2]C(C)C. The zero-order chi connectivity index (χ0) is 14.0. The van der Waals surface area contributed by atoms with Gasteiger partial charge in [-0.2, -0.15) is 0 Å². The van der Waals surface area contributed by atoms with Gasteiger partial charge in [-0.1, -0.05) is 0 Å². The van der Waals surface area contributed by atoms with Crippen LogP contribution in [0.4, 0.5) is 0 Å². The van der Waals surface area contributed by atoms with E-state index in [0.29, 0.717) is 0 Å². The molecule has 0 amide bonds. The monoisotopic (exact) mass is 350 g/mol. The van der Waals surface area contributed by atoms with Crippen molar-refractivity contribution in [2.45, 2.75) is 61.8 Å². The molecule has 0 aromatic rings. The fourth-order valence-corrected chi connectivity index (χ4v) is 13.3. The van der Waals surface area contributed by atoms with E-state index < -0.39 is 25.7 Å². The van der Waals surface area contributed by atoms with Gasteiger partial charge < -0.3 is 9.90 Å². The molecule has 0 aromatic carbocycles. The molecule has 0 radical (unpaired) electrons. The van der Waals surface area contributed by atoms with Crippen LogP contribution in [0.15, 0.2) is 0 Å². The molecule has 0 N–H and O–H groups in total. The molecule has 17 heavy (non-hydrogen) atoms. The number of carbonyl (C=O) groups excluding carboxylic acids is 1. The Labute approximate surface area is 115 Å². The molecule has 0 fully saturated rings. The molecular formula is C14H30O2Sn. The van der Waals surface area contributed by atoms with Crippen LogP contribution >= 0.6 is 0 Å². The first-order chi connectivity index (χ1) is 7.65. The maximum absolute atomic E-state index is 8.89. The molecular weight excluding hydrogens is 319 g/mol. The Balaban J connectivity index is 0. The van der Waals surface area contributed by atoms with E-state index in [1.807, 2.05) is 0 Å². The van der Waals surface area contributed by atoms with E-state index in [4.69, 9.17) is 9.90 Å². The predicted octanol–water partition coefficient (Wildman–Crippen LogP) is 3.21. The molecule has 0 bridgehead atoms. The van der Waals surface area contributed by atoms with Crippen LogP contribution in [-0.2, 0) is 4.79 Å². The van der Waals surface area contributed by atoms with Crippen molar-refractivity contribution in [3.63, 3.8) is 0 Å². The van der Waals surface area contributed by atoms with Gasteiger partial charge in [0.25, 0.3) is 0 Å². The first kappa shape index (κ1) is 19.6. The second-order valence-electron chi connectivity index (χ2n) is 6.04. The summed E-state index contributed by atoms with van der Waals surface area (Å²) in [6.45, 7) is 15.3. The molecule has 0 aromatic heterocycles. The zero-order valence-corrected chi connectivity index (χ0v) is 15.5. The first-order valence-corrected chi connectivity index (χ1v) is 12.7. The Bertz CT molecular complexity index is 161. The number of hydrogen-bond acceptors (Lipinski definition) is 2. The van der Waals surface area contributed by atoms with E-state index in [1.54, 1.807) is 13.3 Å². The normalized spacial score (nSPS) is 10.5. The summed E-state index contributed by atoms with van der Waals surface area (Å²) >= 11 is -0.976. The zero-order valence-electron chi connectivity index (χ0n) is 12.7. The van der Waals surface area contributed by atoms with Crippen LogP contribution in [0, 0.1) is 17.8 Å². The van der Waals surface area contributed by atoms with Crippen LogP contribution in [0.3, 0.4) is 0 Å². The van der Waals surface area contributed by atoms with Gasteiger partial charge in [0, 0.05) is 5.97 Å². The number of aliphatic carboxylic acids is 1. The number of rotatable bonds is 6. The summed E-state index contributed by atoms with van der Waals surface area (Å²) in [5, 5.41) is 8.89. The summed E-state index contributed by atoms with van der Waals surface area (Å²) in [5.41, 5.74) is 0. The van der Waals surface area contributed by atoms with E-state index in [-0.39, 0.29) is 0 Å². The summed E-state index contributed by atoms with van der Waals surface area (Å²) in [6.07, 6.45) is 0. The van der Waals surface area contributed by atoms with Crippen LogP contribution in [0.2, 0.25) is 13.3 Å². The molecule has 102 valence electrons. The molecule has 2 nitrogen and oxygen atoms in total. The van der Waals surface area contributed by atoms with Gasteiger partial charge in [-0.3, -0.25) is 0 Å². The van der Waals surface area contributed by atoms with Crippen molar-refractivity contribution in [2.75, 3.05) is 0 Å². The third-order valence-electron chi connectivity index (χ3n) is 2.09. The van der Waals surface area contributed by atoms with Crippen LogP contribution in [-0.4, -0.2) is 25.7 Å². The van der Waals surface area contributed by atoms with Gasteiger partial charge in [-0.15, -0.1) is 0 Å². The quantitative estimate of drug-likeness (QED) is 0.691. The Hall–Kier alpha value is 0.269. The van der Waals surface area contributed by atoms with Gasteiger partial charge in [0.2, 0.25) is 0 Å². The average molecular weight is 349 g/mol. The van der Waals surface area contributed by atoms with E-state index in [2.05, 4.69) is 41.5 Å². The van der Waals surface area contributed by atoms with E-state index in [0.717, 1.165) is 24.7 Å². The topological polar surface area (TPSA) is 40.1 Å². The Morgan fingerprint density at radius 1 is 0.882 bits per heavy atom. The molecule has 0 aliphatic heterocycles. The molecule has 0 saturated heterocycles. The molecule has 3 heteroatoms. The fourth-order valence-electron chi connectivity index (χ4n) is 1.98. The maximum atomic E-state index is 8.89. The standard InChI is InChI=1S/3C4H9.C2H4O2.Sn/c3*1-4(2)3;1-2(3)4;/h3*4H,1H2,2-3H3;1H3,(H,3,4);/q;;;;+1/p-1. The molecule has 0 aliphatic carbocycles. The third-order valence-corrected chi connectivity index (χ3v) is 14.0. The van der Waals surface area contributed by atoms with Crippen LogP contribution in [0.5, 0.6) is 0 Å². The van der Waals surface area contributed by atoms with Crippen molar-refractivity contribution < 1.29 is 9.90 Å².